The van der Waals surface area contributed by atoms with Crippen molar-refractivity contribution < 1.29 is 50.7 Å². The summed E-state index contributed by atoms with van der Waals surface area (Å²) in [6, 6.07) is 20.2. The summed E-state index contributed by atoms with van der Waals surface area (Å²) >= 11 is 3.25. The third kappa shape index (κ3) is 13.0. The monoisotopic (exact) mass is 547 g/mol. The predicted molar refractivity (Wildman–Crippen MR) is 150 cm³/mol. The second-order valence-corrected chi connectivity index (χ2v) is 9.00. The second kappa shape index (κ2) is 21.1. The van der Waals surface area contributed by atoms with Crippen LogP contribution >= 0.6 is 22.7 Å². The van der Waals surface area contributed by atoms with Crippen molar-refractivity contribution in [3.8, 4) is 22.5 Å². The number of nitrogens with zero attached hydrogens (tertiary/aromatic N) is 2. The van der Waals surface area contributed by atoms with Gasteiger partial charge in [0.2, 0.25) is 0 Å². The molecule has 0 fully saturated rings. The number of aromatic nitrogens is 2. The Hall–Kier alpha value is -1.85. The minimum Gasteiger partial charge on any atom is -1.00 e. The zero-order valence-corrected chi connectivity index (χ0v) is 25.3. The van der Waals surface area contributed by atoms with E-state index in [0.29, 0.717) is 19.4 Å². The van der Waals surface area contributed by atoms with Gasteiger partial charge >= 0.3 is 35.5 Å². The number of aryl methyl sites for hydroxylation is 2. The molecule has 0 aliphatic heterocycles. The van der Waals surface area contributed by atoms with Crippen molar-refractivity contribution in [1.82, 2.24) is 9.97 Å². The van der Waals surface area contributed by atoms with Crippen LogP contribution in [0.1, 0.15) is 31.2 Å². The topological polar surface area (TPSA) is 92.5 Å². The zero-order valence-electron chi connectivity index (χ0n) is 22.7. The van der Waals surface area contributed by atoms with E-state index in [4.69, 9.17) is 14.9 Å². The number of hydrogen-bond acceptors (Lipinski definition) is 8. The smallest absolute Gasteiger partial charge is 1.00 e. The molecule has 2 aromatic heterocycles. The van der Waals surface area contributed by atoms with Gasteiger partial charge in [-0.25, -0.2) is 9.97 Å². The maximum Gasteiger partial charge on any atom is 1.00 e. The molecule has 2 aromatic carbocycles. The van der Waals surface area contributed by atoms with Crippen molar-refractivity contribution in [2.75, 3.05) is 20.3 Å². The molecule has 4 rings (SSSR count). The quantitative estimate of drug-likeness (QED) is 0.247. The molecule has 0 amide bonds. The van der Waals surface area contributed by atoms with Gasteiger partial charge in [-0.3, -0.25) is 4.79 Å². The Morgan fingerprint density at radius 2 is 1.32 bits per heavy atom. The summed E-state index contributed by atoms with van der Waals surface area (Å²) in [6.45, 7) is 2.49. The fourth-order valence-electron chi connectivity index (χ4n) is 3.01. The Kier molecular flexibility index (Phi) is 20.1. The fourth-order valence-corrected chi connectivity index (χ4v) is 4.66. The van der Waals surface area contributed by atoms with E-state index in [1.165, 1.54) is 0 Å². The number of aliphatic hydroxyl groups excluding tert-OH is 2. The molecule has 2 N–H and O–H groups in total. The molecule has 10 heteroatoms. The van der Waals surface area contributed by atoms with Gasteiger partial charge in [-0.2, -0.15) is 0 Å². The first-order chi connectivity index (χ1) is 17.2. The van der Waals surface area contributed by atoms with E-state index in [1.54, 1.807) is 22.7 Å². The number of ether oxygens (including phenoxy) is 1. The maximum atomic E-state index is 11.2. The number of rotatable bonds is 9. The third-order valence-electron chi connectivity index (χ3n) is 4.64. The molecule has 0 bridgehead atoms. The summed E-state index contributed by atoms with van der Waals surface area (Å²) in [7, 11) is 1.00. The average molecular weight is 548 g/mol. The van der Waals surface area contributed by atoms with Crippen molar-refractivity contribution in [2.45, 2.75) is 32.6 Å². The van der Waals surface area contributed by atoms with E-state index in [-0.39, 0.29) is 52.0 Å². The molecular formula is C27H33BN2NaO4S2. The standard InChI is InChI=1S/C14H15NO2S.C12H13NOS.CH4O.B.Na.H/c1-2-17-14(16)9-8-13-15-12(10-18-13)11-6-4-3-5-7-11;14-8-4-7-12-13-11(9-15-12)10-5-2-1-3-6-10;1-2;;;/h3-7,10H,2,8-9H2,1H3;1-3,5-6,9,14H,4,7-8H2;2H,1H3;;;/q;;;;+1;-1. The van der Waals surface area contributed by atoms with Crippen molar-refractivity contribution in [3.05, 3.63) is 81.4 Å². The largest absolute Gasteiger partial charge is 1.00 e. The van der Waals surface area contributed by atoms with Gasteiger partial charge < -0.3 is 16.4 Å². The van der Waals surface area contributed by atoms with Crippen molar-refractivity contribution in [3.63, 3.8) is 0 Å². The Morgan fingerprint density at radius 1 is 0.865 bits per heavy atom. The third-order valence-corrected chi connectivity index (χ3v) is 6.46. The number of thiazole rings is 2. The molecule has 0 saturated heterocycles. The van der Waals surface area contributed by atoms with Gasteiger partial charge in [0.15, 0.2) is 0 Å². The number of hydrogen-bond donors (Lipinski definition) is 2. The minimum atomic E-state index is -0.158. The molecule has 37 heavy (non-hydrogen) atoms. The first-order valence-electron chi connectivity index (χ1n) is 11.4. The molecule has 0 atom stereocenters. The van der Waals surface area contributed by atoms with Gasteiger partial charge in [0.1, 0.15) is 0 Å². The molecule has 0 spiro atoms. The summed E-state index contributed by atoms with van der Waals surface area (Å²) < 4.78 is 4.89. The van der Waals surface area contributed by atoms with Gasteiger partial charge in [-0.1, -0.05) is 60.7 Å². The van der Waals surface area contributed by atoms with Gasteiger partial charge in [0, 0.05) is 56.9 Å². The summed E-state index contributed by atoms with van der Waals surface area (Å²) in [5.41, 5.74) is 4.27. The first-order valence-corrected chi connectivity index (χ1v) is 13.2. The van der Waals surface area contributed by atoms with Gasteiger partial charge in [0.25, 0.3) is 0 Å². The van der Waals surface area contributed by atoms with Crippen LogP contribution < -0.4 is 29.6 Å². The molecule has 0 saturated carbocycles. The van der Waals surface area contributed by atoms with Gasteiger partial charge in [0.05, 0.1) is 34.4 Å². The molecule has 4 aromatic rings. The van der Waals surface area contributed by atoms with Gasteiger partial charge in [-0.05, 0) is 13.3 Å². The van der Waals surface area contributed by atoms with Crippen LogP contribution in [0.5, 0.6) is 0 Å². The van der Waals surface area contributed by atoms with E-state index in [0.717, 1.165) is 52.5 Å². The Labute approximate surface area is 253 Å². The zero-order chi connectivity index (χ0) is 25.3. The van der Waals surface area contributed by atoms with Crippen LogP contribution in [0.2, 0.25) is 0 Å². The second-order valence-electron chi connectivity index (χ2n) is 7.12. The van der Waals surface area contributed by atoms with E-state index < -0.39 is 0 Å². The molecule has 3 radical (unpaired) electrons. The first kappa shape index (κ1) is 35.2. The van der Waals surface area contributed by atoms with Crippen LogP contribution in [0.15, 0.2) is 71.4 Å². The van der Waals surface area contributed by atoms with Crippen LogP contribution in [-0.2, 0) is 22.4 Å². The van der Waals surface area contributed by atoms with Crippen LogP contribution in [0.3, 0.4) is 0 Å². The van der Waals surface area contributed by atoms with Crippen LogP contribution in [-0.4, -0.2) is 54.9 Å². The number of benzene rings is 2. The van der Waals surface area contributed by atoms with Crippen molar-refractivity contribution in [1.29, 1.82) is 0 Å². The minimum absolute atomic E-state index is 0. The maximum absolute atomic E-state index is 11.2. The predicted octanol–water partition coefficient (Wildman–Crippen LogP) is 2.38. The van der Waals surface area contributed by atoms with Crippen molar-refractivity contribution >= 4 is 37.1 Å². The summed E-state index contributed by atoms with van der Waals surface area (Å²) in [6.07, 6.45) is 2.71. The average Bonchev–Trinajstić information content (AvgIpc) is 3.59. The molecule has 0 aliphatic carbocycles. The number of carbonyl (C=O) groups is 1. The van der Waals surface area contributed by atoms with E-state index >= 15 is 0 Å². The SMILES string of the molecule is CCOC(=O)CCc1nc(-c2ccccc2)cs1.CO.OCCCc1nc(-c2ccccc2)cs1.[B].[H-].[Na+]. The number of aliphatic hydroxyl groups is 2. The van der Waals surface area contributed by atoms with Gasteiger partial charge in [-0.15, -0.1) is 22.7 Å². The number of esters is 1. The van der Waals surface area contributed by atoms with E-state index in [1.807, 2.05) is 60.8 Å². The van der Waals surface area contributed by atoms with E-state index in [2.05, 4.69) is 27.5 Å². The number of carbonyl (C=O) groups excluding carboxylic acids is 1. The van der Waals surface area contributed by atoms with Crippen LogP contribution in [0.25, 0.3) is 22.5 Å². The molecule has 2 heterocycles. The normalized spacial score (nSPS) is 9.41. The summed E-state index contributed by atoms with van der Waals surface area (Å²) in [5.74, 6) is -0.158. The van der Waals surface area contributed by atoms with E-state index in [9.17, 15) is 4.79 Å². The summed E-state index contributed by atoms with van der Waals surface area (Å²) in [4.78, 5) is 20.3. The van der Waals surface area contributed by atoms with Crippen LogP contribution in [0.4, 0.5) is 0 Å². The Balaban J connectivity index is 0. The van der Waals surface area contributed by atoms with Crippen molar-refractivity contribution in [2.24, 2.45) is 0 Å². The molecule has 0 unspecified atom stereocenters. The molecule has 191 valence electrons. The molecule has 6 nitrogen and oxygen atoms in total. The molecular weight excluding hydrogens is 514 g/mol. The molecule has 0 aliphatic rings. The Morgan fingerprint density at radius 3 is 1.76 bits per heavy atom. The fraction of sp³-hybridized carbons (Fsp3) is 0.296. The Bertz CT molecular complexity index is 1120. The summed E-state index contributed by atoms with van der Waals surface area (Å²) in [5, 5.41) is 21.9. The van der Waals surface area contributed by atoms with Crippen LogP contribution in [0, 0.1) is 0 Å².